The van der Waals surface area contributed by atoms with Crippen LogP contribution in [0.3, 0.4) is 0 Å². The van der Waals surface area contributed by atoms with Crippen LogP contribution in [-0.4, -0.2) is 15.0 Å². The topological polar surface area (TPSA) is 47.4 Å². The minimum atomic E-state index is 1.22. The van der Waals surface area contributed by atoms with Gasteiger partial charge in [-0.05, 0) is 87.4 Å². The third-order valence-corrected chi connectivity index (χ3v) is 9.33. The number of nitrogens with one attached hydrogen (secondary N) is 3. The van der Waals surface area contributed by atoms with E-state index < -0.39 is 0 Å². The molecule has 0 spiro atoms. The Morgan fingerprint density at radius 1 is 0.389 bits per heavy atom. The number of rotatable bonds is 6. The molecule has 0 aliphatic carbocycles. The molecule has 0 aliphatic heterocycles. The highest BCUT2D eigenvalue weighted by Gasteiger charge is 2.18. The molecule has 0 unspecified atom stereocenters. The number of aromatic nitrogens is 3. The SMILES string of the molecule is c1cc(-c2sccc2-c2cc(-c3ccsc3-c3cc[nH]c3)cc(-c3ccsc3-c3cc[nH]c3)c2)c[nH]1. The highest BCUT2D eigenvalue weighted by Crippen LogP contribution is 2.45. The fraction of sp³-hybridized carbons (Fsp3) is 0. The average Bonchev–Trinajstić information content (AvgIpc) is 3.76. The Hall–Kier alpha value is -3.84. The van der Waals surface area contributed by atoms with E-state index in [1.165, 1.54) is 64.7 Å². The van der Waals surface area contributed by atoms with Gasteiger partial charge in [-0.2, -0.15) is 0 Å². The Balaban J connectivity index is 1.45. The van der Waals surface area contributed by atoms with Gasteiger partial charge < -0.3 is 15.0 Å². The van der Waals surface area contributed by atoms with E-state index in [1.54, 1.807) is 34.0 Å². The van der Waals surface area contributed by atoms with Crippen molar-refractivity contribution in [1.82, 2.24) is 15.0 Å². The van der Waals surface area contributed by atoms with E-state index in [0.717, 1.165) is 0 Å². The van der Waals surface area contributed by atoms with Crippen molar-refractivity contribution >= 4 is 34.0 Å². The first-order valence-corrected chi connectivity index (χ1v) is 14.3. The third kappa shape index (κ3) is 3.71. The Bertz CT molecular complexity index is 1510. The van der Waals surface area contributed by atoms with Gasteiger partial charge in [0.2, 0.25) is 0 Å². The molecule has 3 nitrogen and oxygen atoms in total. The van der Waals surface area contributed by atoms with E-state index in [4.69, 9.17) is 0 Å². The second-order valence-electron chi connectivity index (χ2n) is 8.59. The molecule has 7 rings (SSSR count). The van der Waals surface area contributed by atoms with E-state index in [2.05, 4.69) is 104 Å². The molecule has 3 N–H and O–H groups in total. The number of hydrogen-bond acceptors (Lipinski definition) is 3. The molecule has 1 aromatic carbocycles. The maximum atomic E-state index is 3.21. The number of thiophene rings is 3. The van der Waals surface area contributed by atoms with Gasteiger partial charge in [0.1, 0.15) is 0 Å². The molecular formula is C30H21N3S3. The molecule has 0 saturated carbocycles. The summed E-state index contributed by atoms with van der Waals surface area (Å²) in [5, 5.41) is 6.57. The second kappa shape index (κ2) is 8.99. The number of aromatic amines is 3. The Labute approximate surface area is 220 Å². The lowest BCUT2D eigenvalue weighted by atomic mass is 9.92. The van der Waals surface area contributed by atoms with Gasteiger partial charge in [0, 0.05) is 85.2 Å². The van der Waals surface area contributed by atoms with Crippen LogP contribution in [0.1, 0.15) is 0 Å². The van der Waals surface area contributed by atoms with Gasteiger partial charge in [-0.15, -0.1) is 34.0 Å². The number of hydrogen-bond donors (Lipinski definition) is 3. The Morgan fingerprint density at radius 3 is 1.00 bits per heavy atom. The van der Waals surface area contributed by atoms with Crippen molar-refractivity contribution in [1.29, 1.82) is 0 Å². The number of benzene rings is 1. The van der Waals surface area contributed by atoms with Gasteiger partial charge in [0.05, 0.1) is 0 Å². The standard InChI is InChI=1S/C30H21N3S3/c1-7-31-16-19(1)28-25(4-10-34-28)22-13-23(26-5-11-35-29(26)20-2-8-32-17-20)15-24(14-22)27-6-12-36-30(27)21-3-9-33-18-21/h1-18,31-33H. The van der Waals surface area contributed by atoms with Gasteiger partial charge in [0.25, 0.3) is 0 Å². The maximum Gasteiger partial charge on any atom is 0.0436 e. The van der Waals surface area contributed by atoms with Crippen LogP contribution in [-0.2, 0) is 0 Å². The molecule has 6 aromatic heterocycles. The van der Waals surface area contributed by atoms with E-state index in [1.807, 2.05) is 18.6 Å². The lowest BCUT2D eigenvalue weighted by Gasteiger charge is -2.12. The molecule has 0 bridgehead atoms. The smallest absolute Gasteiger partial charge is 0.0436 e. The van der Waals surface area contributed by atoms with Crippen LogP contribution in [0, 0.1) is 0 Å². The van der Waals surface area contributed by atoms with E-state index in [0.29, 0.717) is 0 Å². The van der Waals surface area contributed by atoms with E-state index in [9.17, 15) is 0 Å². The van der Waals surface area contributed by atoms with Crippen molar-refractivity contribution < 1.29 is 0 Å². The summed E-state index contributed by atoms with van der Waals surface area (Å²) in [6.07, 6.45) is 12.2. The monoisotopic (exact) mass is 519 g/mol. The first-order chi connectivity index (χ1) is 17.8. The molecule has 0 saturated heterocycles. The molecular weight excluding hydrogens is 499 g/mol. The highest BCUT2D eigenvalue weighted by atomic mass is 32.1. The van der Waals surface area contributed by atoms with Gasteiger partial charge in [-0.1, -0.05) is 0 Å². The summed E-state index contributed by atoms with van der Waals surface area (Å²) in [5.41, 5.74) is 11.2. The predicted octanol–water partition coefficient (Wildman–Crippen LogP) is 9.86. The molecule has 7 aromatic rings. The summed E-state index contributed by atoms with van der Waals surface area (Å²) in [6, 6.07) is 20.2. The summed E-state index contributed by atoms with van der Waals surface area (Å²) in [6.45, 7) is 0. The molecule has 36 heavy (non-hydrogen) atoms. The Morgan fingerprint density at radius 2 is 0.722 bits per heavy atom. The summed E-state index contributed by atoms with van der Waals surface area (Å²) in [5.74, 6) is 0. The van der Waals surface area contributed by atoms with Crippen molar-refractivity contribution in [2.75, 3.05) is 0 Å². The molecule has 6 heteroatoms. The van der Waals surface area contributed by atoms with E-state index in [-0.39, 0.29) is 0 Å². The van der Waals surface area contributed by atoms with Crippen LogP contribution in [0.5, 0.6) is 0 Å². The van der Waals surface area contributed by atoms with Gasteiger partial charge in [-0.3, -0.25) is 0 Å². The van der Waals surface area contributed by atoms with E-state index >= 15 is 0 Å². The maximum absolute atomic E-state index is 3.21. The predicted molar refractivity (Wildman–Crippen MR) is 156 cm³/mol. The van der Waals surface area contributed by atoms with Crippen LogP contribution < -0.4 is 0 Å². The van der Waals surface area contributed by atoms with Crippen molar-refractivity contribution in [3.63, 3.8) is 0 Å². The van der Waals surface area contributed by atoms with Crippen LogP contribution in [0.15, 0.2) is 108 Å². The normalized spacial score (nSPS) is 11.3. The minimum absolute atomic E-state index is 1.22. The summed E-state index contributed by atoms with van der Waals surface area (Å²) in [4.78, 5) is 13.5. The van der Waals surface area contributed by atoms with Crippen molar-refractivity contribution in [2.24, 2.45) is 0 Å². The molecule has 0 radical (unpaired) electrons. The zero-order valence-corrected chi connectivity index (χ0v) is 21.6. The fourth-order valence-electron chi connectivity index (χ4n) is 4.77. The molecule has 0 atom stereocenters. The zero-order chi connectivity index (χ0) is 23.9. The molecule has 6 heterocycles. The molecule has 0 fully saturated rings. The highest BCUT2D eigenvalue weighted by molar-refractivity contribution is 7.14. The van der Waals surface area contributed by atoms with Crippen LogP contribution in [0.25, 0.3) is 64.7 Å². The minimum Gasteiger partial charge on any atom is -0.367 e. The van der Waals surface area contributed by atoms with Gasteiger partial charge in [0.15, 0.2) is 0 Å². The Kier molecular flexibility index (Phi) is 5.35. The largest absolute Gasteiger partial charge is 0.367 e. The third-order valence-electron chi connectivity index (χ3n) is 6.44. The summed E-state index contributed by atoms with van der Waals surface area (Å²) >= 11 is 5.36. The summed E-state index contributed by atoms with van der Waals surface area (Å²) < 4.78 is 0. The van der Waals surface area contributed by atoms with Crippen LogP contribution in [0.4, 0.5) is 0 Å². The lowest BCUT2D eigenvalue weighted by molar-refractivity contribution is 1.42. The lowest BCUT2D eigenvalue weighted by Crippen LogP contribution is -1.87. The summed E-state index contributed by atoms with van der Waals surface area (Å²) in [7, 11) is 0. The second-order valence-corrected chi connectivity index (χ2v) is 11.3. The first kappa shape index (κ1) is 21.4. The molecule has 0 amide bonds. The van der Waals surface area contributed by atoms with Crippen molar-refractivity contribution in [3.05, 3.63) is 108 Å². The van der Waals surface area contributed by atoms with Crippen molar-refractivity contribution in [2.45, 2.75) is 0 Å². The average molecular weight is 520 g/mol. The van der Waals surface area contributed by atoms with Gasteiger partial charge in [-0.25, -0.2) is 0 Å². The van der Waals surface area contributed by atoms with Gasteiger partial charge >= 0.3 is 0 Å². The quantitative estimate of drug-likeness (QED) is 0.196. The number of H-pyrrole nitrogens is 3. The first-order valence-electron chi connectivity index (χ1n) is 11.6. The van der Waals surface area contributed by atoms with Crippen LogP contribution in [0.2, 0.25) is 0 Å². The molecule has 174 valence electrons. The fourth-order valence-corrected chi connectivity index (χ4v) is 7.52. The zero-order valence-electron chi connectivity index (χ0n) is 19.1. The molecule has 0 aliphatic rings. The van der Waals surface area contributed by atoms with Crippen LogP contribution >= 0.6 is 34.0 Å². The van der Waals surface area contributed by atoms with Crippen molar-refractivity contribution in [3.8, 4) is 64.7 Å².